The highest BCUT2D eigenvalue weighted by Gasteiger charge is 2.03. The second kappa shape index (κ2) is 6.21. The number of methoxy groups -OCH3 is 1. The Morgan fingerprint density at radius 1 is 1.33 bits per heavy atom. The molecule has 96 valence electrons. The molecule has 2 rings (SSSR count). The van der Waals surface area contributed by atoms with Crippen LogP contribution in [0.2, 0.25) is 0 Å². The van der Waals surface area contributed by atoms with E-state index in [1.807, 2.05) is 24.3 Å². The van der Waals surface area contributed by atoms with Gasteiger partial charge in [0.2, 0.25) is 0 Å². The Balaban J connectivity index is 1.95. The van der Waals surface area contributed by atoms with Gasteiger partial charge in [-0.15, -0.1) is 0 Å². The Labute approximate surface area is 107 Å². The monoisotopic (exact) mass is 246 g/mol. The van der Waals surface area contributed by atoms with Crippen molar-refractivity contribution in [3.05, 3.63) is 36.9 Å². The summed E-state index contributed by atoms with van der Waals surface area (Å²) < 4.78 is 10.3. The number of anilines is 1. The lowest BCUT2D eigenvalue weighted by molar-refractivity contribution is 0.191. The van der Waals surface area contributed by atoms with Crippen LogP contribution in [0.25, 0.3) is 11.3 Å². The van der Waals surface area contributed by atoms with Crippen LogP contribution in [-0.2, 0) is 4.74 Å². The molecule has 1 atom stereocenters. The maximum atomic E-state index is 5.25. The van der Waals surface area contributed by atoms with Crippen molar-refractivity contribution in [2.45, 2.75) is 19.4 Å². The third-order valence-electron chi connectivity index (χ3n) is 2.77. The number of oxazole rings is 1. The first-order chi connectivity index (χ1) is 8.79. The summed E-state index contributed by atoms with van der Waals surface area (Å²) in [6.07, 6.45) is 4.14. The van der Waals surface area contributed by atoms with Gasteiger partial charge in [0.25, 0.3) is 0 Å². The Morgan fingerprint density at radius 2 is 2.11 bits per heavy atom. The quantitative estimate of drug-likeness (QED) is 0.850. The van der Waals surface area contributed by atoms with E-state index in [0.29, 0.717) is 6.04 Å². The van der Waals surface area contributed by atoms with E-state index in [4.69, 9.17) is 9.15 Å². The van der Waals surface area contributed by atoms with E-state index in [1.165, 1.54) is 6.39 Å². The zero-order valence-corrected chi connectivity index (χ0v) is 10.7. The van der Waals surface area contributed by atoms with Crippen LogP contribution in [0.4, 0.5) is 5.69 Å². The molecule has 0 saturated heterocycles. The number of ether oxygens (including phenoxy) is 1. The fraction of sp³-hybridized carbons (Fsp3) is 0.357. The minimum absolute atomic E-state index is 0.390. The van der Waals surface area contributed by atoms with E-state index in [-0.39, 0.29) is 0 Å². The first kappa shape index (κ1) is 12.6. The second-order valence-corrected chi connectivity index (χ2v) is 4.27. The van der Waals surface area contributed by atoms with Crippen molar-refractivity contribution in [2.24, 2.45) is 0 Å². The molecule has 2 aromatic rings. The molecular formula is C14H18N2O2. The van der Waals surface area contributed by atoms with Gasteiger partial charge in [0.15, 0.2) is 12.2 Å². The van der Waals surface area contributed by atoms with E-state index in [9.17, 15) is 0 Å². The van der Waals surface area contributed by atoms with Crippen molar-refractivity contribution in [3.63, 3.8) is 0 Å². The van der Waals surface area contributed by atoms with Gasteiger partial charge < -0.3 is 14.5 Å². The fourth-order valence-electron chi connectivity index (χ4n) is 1.74. The summed E-state index contributed by atoms with van der Waals surface area (Å²) in [5, 5.41) is 3.42. The highest BCUT2D eigenvalue weighted by atomic mass is 16.5. The lowest BCUT2D eigenvalue weighted by Gasteiger charge is -2.14. The Morgan fingerprint density at radius 3 is 2.72 bits per heavy atom. The van der Waals surface area contributed by atoms with Gasteiger partial charge in [0.05, 0.1) is 6.20 Å². The van der Waals surface area contributed by atoms with Crippen LogP contribution in [-0.4, -0.2) is 24.7 Å². The fourth-order valence-corrected chi connectivity index (χ4v) is 1.74. The highest BCUT2D eigenvalue weighted by Crippen LogP contribution is 2.21. The number of hydrogen-bond acceptors (Lipinski definition) is 4. The van der Waals surface area contributed by atoms with E-state index in [2.05, 4.69) is 17.2 Å². The highest BCUT2D eigenvalue weighted by molar-refractivity contribution is 5.60. The van der Waals surface area contributed by atoms with Crippen molar-refractivity contribution >= 4 is 5.69 Å². The summed E-state index contributed by atoms with van der Waals surface area (Å²) in [7, 11) is 1.72. The number of aromatic nitrogens is 1. The normalized spacial score (nSPS) is 12.3. The van der Waals surface area contributed by atoms with E-state index in [0.717, 1.165) is 30.0 Å². The topological polar surface area (TPSA) is 47.3 Å². The van der Waals surface area contributed by atoms with Gasteiger partial charge in [0, 0.05) is 31.0 Å². The molecule has 1 aromatic heterocycles. The molecule has 0 radical (unpaired) electrons. The first-order valence-corrected chi connectivity index (χ1v) is 6.04. The summed E-state index contributed by atoms with van der Waals surface area (Å²) in [6.45, 7) is 2.91. The molecule has 4 nitrogen and oxygen atoms in total. The van der Waals surface area contributed by atoms with Gasteiger partial charge in [-0.2, -0.15) is 0 Å². The molecule has 1 unspecified atom stereocenters. The van der Waals surface area contributed by atoms with Crippen LogP contribution in [0.3, 0.4) is 0 Å². The number of nitrogens with one attached hydrogen (secondary N) is 1. The largest absolute Gasteiger partial charge is 0.444 e. The SMILES string of the molecule is COCCC(C)Nc1ccc(-c2cnco2)cc1. The summed E-state index contributed by atoms with van der Waals surface area (Å²) in [6, 6.07) is 8.51. The Kier molecular flexibility index (Phi) is 4.36. The first-order valence-electron chi connectivity index (χ1n) is 6.04. The lowest BCUT2D eigenvalue weighted by atomic mass is 10.1. The van der Waals surface area contributed by atoms with Crippen molar-refractivity contribution in [1.29, 1.82) is 0 Å². The maximum absolute atomic E-state index is 5.25. The van der Waals surface area contributed by atoms with Gasteiger partial charge in [-0.05, 0) is 37.6 Å². The smallest absolute Gasteiger partial charge is 0.181 e. The molecule has 0 amide bonds. The minimum atomic E-state index is 0.390. The standard InChI is InChI=1S/C14H18N2O2/c1-11(7-8-17-2)16-13-5-3-12(4-6-13)14-9-15-10-18-14/h3-6,9-11,16H,7-8H2,1-2H3. The maximum Gasteiger partial charge on any atom is 0.181 e. The van der Waals surface area contributed by atoms with Crippen molar-refractivity contribution in [3.8, 4) is 11.3 Å². The molecule has 1 N–H and O–H groups in total. The van der Waals surface area contributed by atoms with Crippen molar-refractivity contribution in [1.82, 2.24) is 4.98 Å². The number of nitrogens with zero attached hydrogens (tertiary/aromatic N) is 1. The number of rotatable bonds is 6. The van der Waals surface area contributed by atoms with Crippen LogP contribution < -0.4 is 5.32 Å². The molecule has 0 aliphatic carbocycles. The lowest BCUT2D eigenvalue weighted by Crippen LogP contribution is -2.16. The van der Waals surface area contributed by atoms with Crippen LogP contribution >= 0.6 is 0 Å². The third kappa shape index (κ3) is 3.34. The molecule has 0 spiro atoms. The van der Waals surface area contributed by atoms with Crippen LogP contribution in [0.5, 0.6) is 0 Å². The van der Waals surface area contributed by atoms with Crippen LogP contribution in [0.1, 0.15) is 13.3 Å². The van der Waals surface area contributed by atoms with Gasteiger partial charge in [0.1, 0.15) is 0 Å². The zero-order valence-electron chi connectivity index (χ0n) is 10.7. The summed E-state index contributed by atoms with van der Waals surface area (Å²) in [4.78, 5) is 3.91. The Hall–Kier alpha value is -1.81. The zero-order chi connectivity index (χ0) is 12.8. The second-order valence-electron chi connectivity index (χ2n) is 4.27. The molecule has 0 saturated carbocycles. The summed E-state index contributed by atoms with van der Waals surface area (Å²) >= 11 is 0. The van der Waals surface area contributed by atoms with Crippen LogP contribution in [0.15, 0.2) is 41.3 Å². The molecular weight excluding hydrogens is 228 g/mol. The van der Waals surface area contributed by atoms with Crippen molar-refractivity contribution in [2.75, 3.05) is 19.0 Å². The number of hydrogen-bond donors (Lipinski definition) is 1. The molecule has 18 heavy (non-hydrogen) atoms. The van der Waals surface area contributed by atoms with E-state index < -0.39 is 0 Å². The van der Waals surface area contributed by atoms with Gasteiger partial charge in [-0.25, -0.2) is 4.98 Å². The molecule has 0 aliphatic rings. The molecule has 0 aliphatic heterocycles. The van der Waals surface area contributed by atoms with Gasteiger partial charge in [-0.1, -0.05) is 0 Å². The number of benzene rings is 1. The van der Waals surface area contributed by atoms with Gasteiger partial charge in [-0.3, -0.25) is 0 Å². The minimum Gasteiger partial charge on any atom is -0.444 e. The predicted molar refractivity (Wildman–Crippen MR) is 71.5 cm³/mol. The molecule has 0 fully saturated rings. The molecule has 0 bridgehead atoms. The van der Waals surface area contributed by atoms with Crippen molar-refractivity contribution < 1.29 is 9.15 Å². The molecule has 4 heteroatoms. The predicted octanol–water partition coefficient (Wildman–Crippen LogP) is 3.18. The summed E-state index contributed by atoms with van der Waals surface area (Å²) in [5.74, 6) is 0.786. The average molecular weight is 246 g/mol. The summed E-state index contributed by atoms with van der Waals surface area (Å²) in [5.41, 5.74) is 2.13. The third-order valence-corrected chi connectivity index (χ3v) is 2.77. The van der Waals surface area contributed by atoms with E-state index in [1.54, 1.807) is 13.3 Å². The Bertz CT molecular complexity index is 451. The molecule has 1 heterocycles. The van der Waals surface area contributed by atoms with Crippen LogP contribution in [0, 0.1) is 0 Å². The van der Waals surface area contributed by atoms with E-state index >= 15 is 0 Å². The molecule has 1 aromatic carbocycles. The average Bonchev–Trinajstić information content (AvgIpc) is 2.91. The van der Waals surface area contributed by atoms with Gasteiger partial charge >= 0.3 is 0 Å².